The molecule has 0 radical (unpaired) electrons. The fourth-order valence-corrected chi connectivity index (χ4v) is 5.11. The minimum absolute atomic E-state index is 0.0839. The van der Waals surface area contributed by atoms with Crippen molar-refractivity contribution in [1.29, 1.82) is 0 Å². The molecule has 0 bridgehead atoms. The summed E-state index contributed by atoms with van der Waals surface area (Å²) in [5.41, 5.74) is 1.05. The molecule has 2 unspecified atom stereocenters. The first-order valence-electron chi connectivity index (χ1n) is 6.41. The Hall–Kier alpha value is -0.760. The van der Waals surface area contributed by atoms with Crippen LogP contribution in [0.5, 0.6) is 0 Å². The largest absolute Gasteiger partial charge is 0.243 e. The van der Waals surface area contributed by atoms with Crippen LogP contribution in [0, 0.1) is 5.92 Å². The Kier molecular flexibility index (Phi) is 3.94. The topological polar surface area (TPSA) is 70.9 Å². The van der Waals surface area contributed by atoms with E-state index in [1.165, 1.54) is 0 Å². The van der Waals surface area contributed by atoms with Gasteiger partial charge in [-0.2, -0.15) is 8.73 Å². The Morgan fingerprint density at radius 3 is 3.00 bits per heavy atom. The third kappa shape index (κ3) is 2.55. The molecule has 0 aromatic heterocycles. The summed E-state index contributed by atoms with van der Waals surface area (Å²) < 4.78 is 36.0. The average Bonchev–Trinajstić information content (AvgIpc) is 3.05. The van der Waals surface area contributed by atoms with Crippen LogP contribution in [0.25, 0.3) is 0 Å². The predicted molar refractivity (Wildman–Crippen MR) is 80.2 cm³/mol. The maximum absolute atomic E-state index is 12.5. The summed E-state index contributed by atoms with van der Waals surface area (Å²) in [5, 5.41) is 0. The molecular weight excluding hydrogens is 318 g/mol. The van der Waals surface area contributed by atoms with E-state index in [-0.39, 0.29) is 16.9 Å². The third-order valence-corrected chi connectivity index (χ3v) is 6.16. The summed E-state index contributed by atoms with van der Waals surface area (Å²) in [6, 6.07) is 4.93. The van der Waals surface area contributed by atoms with Gasteiger partial charge in [0, 0.05) is 11.9 Å². The lowest BCUT2D eigenvalue weighted by Gasteiger charge is -2.19. The summed E-state index contributed by atoms with van der Waals surface area (Å²) in [6.07, 6.45) is 2.81. The smallest absolute Gasteiger partial charge is 0.208 e. The minimum atomic E-state index is -3.59. The SMILES string of the molecule is O=S(=O)(NC1CCCC1CCl)c1cccc2c1N=S=N2. The highest BCUT2D eigenvalue weighted by atomic mass is 35.5. The highest BCUT2D eigenvalue weighted by Crippen LogP contribution is 2.38. The van der Waals surface area contributed by atoms with Gasteiger partial charge in [-0.1, -0.05) is 12.5 Å². The number of nitrogens with zero attached hydrogens (tertiary/aromatic N) is 2. The molecule has 0 amide bonds. The van der Waals surface area contributed by atoms with Gasteiger partial charge in [0.15, 0.2) is 0 Å². The Morgan fingerprint density at radius 2 is 2.20 bits per heavy atom. The van der Waals surface area contributed by atoms with E-state index in [2.05, 4.69) is 13.4 Å². The summed E-state index contributed by atoms with van der Waals surface area (Å²) in [4.78, 5) is 0.198. The monoisotopic (exact) mass is 331 g/mol. The van der Waals surface area contributed by atoms with Crippen molar-refractivity contribution in [1.82, 2.24) is 4.72 Å². The van der Waals surface area contributed by atoms with Crippen molar-refractivity contribution >= 4 is 44.4 Å². The number of nitrogens with one attached hydrogen (secondary N) is 1. The second-order valence-electron chi connectivity index (χ2n) is 4.96. The molecule has 1 aromatic rings. The van der Waals surface area contributed by atoms with Crippen LogP contribution in [0.15, 0.2) is 31.8 Å². The molecule has 1 aliphatic heterocycles. The van der Waals surface area contributed by atoms with Crippen LogP contribution < -0.4 is 4.72 Å². The first-order valence-corrected chi connectivity index (χ1v) is 9.16. The molecular formula is C12H14ClN3O2S2. The second kappa shape index (κ2) is 5.55. The van der Waals surface area contributed by atoms with Gasteiger partial charge in [0.05, 0.1) is 11.4 Å². The minimum Gasteiger partial charge on any atom is -0.208 e. The molecule has 0 spiro atoms. The number of sulfonamides is 1. The molecule has 1 fully saturated rings. The van der Waals surface area contributed by atoms with Gasteiger partial charge in [0.1, 0.15) is 16.3 Å². The number of hydrogen-bond donors (Lipinski definition) is 1. The second-order valence-corrected chi connectivity index (χ2v) is 7.48. The highest BCUT2D eigenvalue weighted by Gasteiger charge is 2.32. The third-order valence-electron chi connectivity index (χ3n) is 3.70. The van der Waals surface area contributed by atoms with Gasteiger partial charge >= 0.3 is 0 Å². The van der Waals surface area contributed by atoms with E-state index in [1.54, 1.807) is 18.2 Å². The van der Waals surface area contributed by atoms with E-state index in [4.69, 9.17) is 11.6 Å². The zero-order chi connectivity index (χ0) is 14.2. The van der Waals surface area contributed by atoms with Gasteiger partial charge in [-0.3, -0.25) is 0 Å². The number of fused-ring (bicyclic) bond motifs is 1. The molecule has 2 atom stereocenters. The highest BCUT2D eigenvalue weighted by molar-refractivity contribution is 7.89. The lowest BCUT2D eigenvalue weighted by molar-refractivity contribution is 0.480. The summed E-state index contributed by atoms with van der Waals surface area (Å²) >= 11 is 6.92. The van der Waals surface area contributed by atoms with Gasteiger partial charge in [-0.05, 0) is 30.9 Å². The zero-order valence-corrected chi connectivity index (χ0v) is 13.0. The molecule has 5 nitrogen and oxygen atoms in total. The Morgan fingerprint density at radius 1 is 1.35 bits per heavy atom. The lowest BCUT2D eigenvalue weighted by atomic mass is 10.1. The summed E-state index contributed by atoms with van der Waals surface area (Å²) in [7, 11) is -3.59. The first-order chi connectivity index (χ1) is 9.62. The molecule has 2 aliphatic rings. The molecule has 1 N–H and O–H groups in total. The van der Waals surface area contributed by atoms with Crippen LogP contribution in [0.4, 0.5) is 11.4 Å². The Bertz CT molecular complexity index is 699. The number of alkyl halides is 1. The number of benzene rings is 1. The van der Waals surface area contributed by atoms with Crippen LogP contribution in [-0.4, -0.2) is 20.3 Å². The number of halogens is 1. The van der Waals surface area contributed by atoms with Crippen molar-refractivity contribution < 1.29 is 8.42 Å². The molecule has 108 valence electrons. The molecule has 1 saturated carbocycles. The maximum atomic E-state index is 12.5. The van der Waals surface area contributed by atoms with Gasteiger partial charge in [-0.15, -0.1) is 11.6 Å². The summed E-state index contributed by atoms with van der Waals surface area (Å²) in [5.74, 6) is 0.689. The van der Waals surface area contributed by atoms with E-state index in [9.17, 15) is 8.42 Å². The molecule has 3 rings (SSSR count). The van der Waals surface area contributed by atoms with Gasteiger partial charge < -0.3 is 0 Å². The van der Waals surface area contributed by atoms with E-state index in [0.29, 0.717) is 17.3 Å². The average molecular weight is 332 g/mol. The fourth-order valence-electron chi connectivity index (χ4n) is 2.64. The maximum Gasteiger partial charge on any atom is 0.243 e. The Labute approximate surface area is 126 Å². The van der Waals surface area contributed by atoms with Crippen molar-refractivity contribution in [3.63, 3.8) is 0 Å². The standard InChI is InChI=1S/C12H14ClN3O2S2/c13-7-8-3-1-4-9(8)16-20(17,18)11-6-2-5-10-12(11)15-19-14-10/h2,5-6,8-9,16H,1,3-4,7H2. The van der Waals surface area contributed by atoms with Crippen molar-refractivity contribution in [2.75, 3.05) is 5.88 Å². The molecule has 0 saturated heterocycles. The molecule has 1 aromatic carbocycles. The van der Waals surface area contributed by atoms with Crippen molar-refractivity contribution in [3.05, 3.63) is 18.2 Å². The fraction of sp³-hybridized carbons (Fsp3) is 0.500. The van der Waals surface area contributed by atoms with Crippen LogP contribution in [-0.2, 0) is 21.4 Å². The lowest BCUT2D eigenvalue weighted by Crippen LogP contribution is -2.37. The number of rotatable bonds is 4. The quantitative estimate of drug-likeness (QED) is 0.874. The van der Waals surface area contributed by atoms with Crippen LogP contribution in [0.3, 0.4) is 0 Å². The predicted octanol–water partition coefficient (Wildman–Crippen LogP) is 3.10. The van der Waals surface area contributed by atoms with Crippen molar-refractivity contribution in [2.45, 2.75) is 30.2 Å². The molecule has 8 heteroatoms. The Balaban J connectivity index is 1.90. The first kappa shape index (κ1) is 14.2. The van der Waals surface area contributed by atoms with Gasteiger partial charge in [0.2, 0.25) is 10.0 Å². The number of hydrogen-bond acceptors (Lipinski definition) is 4. The van der Waals surface area contributed by atoms with Crippen molar-refractivity contribution in [3.8, 4) is 0 Å². The molecule has 1 heterocycles. The van der Waals surface area contributed by atoms with E-state index >= 15 is 0 Å². The van der Waals surface area contributed by atoms with Crippen LogP contribution >= 0.6 is 11.6 Å². The van der Waals surface area contributed by atoms with E-state index in [1.807, 2.05) is 0 Å². The van der Waals surface area contributed by atoms with Gasteiger partial charge in [0.25, 0.3) is 0 Å². The molecule has 1 aliphatic carbocycles. The normalized spacial score (nSPS) is 24.6. The summed E-state index contributed by atoms with van der Waals surface area (Å²) in [6.45, 7) is 0. The van der Waals surface area contributed by atoms with E-state index < -0.39 is 10.0 Å². The van der Waals surface area contributed by atoms with Gasteiger partial charge in [-0.25, -0.2) is 13.1 Å². The van der Waals surface area contributed by atoms with E-state index in [0.717, 1.165) is 30.6 Å². The van der Waals surface area contributed by atoms with Crippen LogP contribution in [0.1, 0.15) is 19.3 Å². The zero-order valence-electron chi connectivity index (χ0n) is 10.6. The van der Waals surface area contributed by atoms with Crippen LogP contribution in [0.2, 0.25) is 0 Å². The molecule has 20 heavy (non-hydrogen) atoms. The van der Waals surface area contributed by atoms with Crippen molar-refractivity contribution in [2.24, 2.45) is 14.6 Å².